The number of rotatable bonds is 5. The summed E-state index contributed by atoms with van der Waals surface area (Å²) in [5, 5.41) is 4.38. The fourth-order valence-electron chi connectivity index (χ4n) is 6.92. The molecule has 4 nitrogen and oxygen atoms in total. The van der Waals surface area contributed by atoms with E-state index in [1.165, 1.54) is 31.3 Å². The van der Waals surface area contributed by atoms with Gasteiger partial charge in [0.05, 0.1) is 16.8 Å². The molecule has 5 heteroatoms. The molecule has 0 saturated heterocycles. The summed E-state index contributed by atoms with van der Waals surface area (Å²) in [7, 11) is 0. The van der Waals surface area contributed by atoms with Crippen LogP contribution in [0.5, 0.6) is 0 Å². The molecule has 0 bridgehead atoms. The second-order valence-electron chi connectivity index (χ2n) is 11.9. The SMILES string of the molecule is c1ccc(-c2ccc(N(c3cccc4c3oc3ccc5nc(-c6ccccc6)oc5c34)c3cccc4sc5ccccc5c34)cc2)cc1. The van der Waals surface area contributed by atoms with Crippen molar-refractivity contribution in [2.45, 2.75) is 0 Å². The van der Waals surface area contributed by atoms with Crippen LogP contribution in [0, 0.1) is 0 Å². The van der Waals surface area contributed by atoms with Crippen molar-refractivity contribution >= 4 is 81.6 Å². The molecule has 7 aromatic carbocycles. The molecule has 0 unspecified atom stereocenters. The monoisotopic (exact) mass is 634 g/mol. The Balaban J connectivity index is 1.23. The van der Waals surface area contributed by atoms with Gasteiger partial charge in [-0.2, -0.15) is 0 Å². The number of hydrogen-bond acceptors (Lipinski definition) is 5. The smallest absolute Gasteiger partial charge is 0.227 e. The highest BCUT2D eigenvalue weighted by Crippen LogP contribution is 2.48. The molecule has 10 aromatic rings. The van der Waals surface area contributed by atoms with Gasteiger partial charge in [0.1, 0.15) is 11.1 Å². The van der Waals surface area contributed by atoms with E-state index in [0.29, 0.717) is 5.89 Å². The molecular weight excluding hydrogens is 609 g/mol. The van der Waals surface area contributed by atoms with Crippen LogP contribution in [0.15, 0.2) is 167 Å². The van der Waals surface area contributed by atoms with Crippen molar-refractivity contribution in [2.24, 2.45) is 0 Å². The second-order valence-corrected chi connectivity index (χ2v) is 13.0. The average Bonchev–Trinajstić information content (AvgIpc) is 3.87. The summed E-state index contributed by atoms with van der Waals surface area (Å²) in [6.45, 7) is 0. The van der Waals surface area contributed by atoms with E-state index in [0.717, 1.165) is 55.7 Å². The van der Waals surface area contributed by atoms with Crippen molar-refractivity contribution in [3.8, 4) is 22.6 Å². The van der Waals surface area contributed by atoms with E-state index in [9.17, 15) is 0 Å². The topological polar surface area (TPSA) is 42.4 Å². The molecule has 0 N–H and O–H groups in total. The van der Waals surface area contributed by atoms with Gasteiger partial charge in [0.2, 0.25) is 5.89 Å². The summed E-state index contributed by atoms with van der Waals surface area (Å²) in [6, 6.07) is 54.9. The van der Waals surface area contributed by atoms with Crippen molar-refractivity contribution in [3.05, 3.63) is 158 Å². The van der Waals surface area contributed by atoms with Gasteiger partial charge in [0.25, 0.3) is 0 Å². The van der Waals surface area contributed by atoms with Crippen LogP contribution in [-0.4, -0.2) is 4.98 Å². The van der Waals surface area contributed by atoms with Crippen molar-refractivity contribution in [1.29, 1.82) is 0 Å². The zero-order valence-electron chi connectivity index (χ0n) is 25.6. The average molecular weight is 635 g/mol. The summed E-state index contributed by atoms with van der Waals surface area (Å²) < 4.78 is 15.8. The van der Waals surface area contributed by atoms with E-state index in [1.807, 2.05) is 53.8 Å². The fourth-order valence-corrected chi connectivity index (χ4v) is 8.04. The first-order valence-electron chi connectivity index (χ1n) is 16.0. The van der Waals surface area contributed by atoms with E-state index in [-0.39, 0.29) is 0 Å². The van der Waals surface area contributed by atoms with Crippen LogP contribution in [0.25, 0.3) is 75.8 Å². The number of thiophene rings is 1. The molecule has 3 heterocycles. The molecule has 0 fully saturated rings. The highest BCUT2D eigenvalue weighted by Gasteiger charge is 2.24. The Morgan fingerprint density at radius 2 is 1.12 bits per heavy atom. The minimum Gasteiger partial charge on any atom is -0.454 e. The van der Waals surface area contributed by atoms with Crippen molar-refractivity contribution in [2.75, 3.05) is 4.90 Å². The van der Waals surface area contributed by atoms with E-state index in [2.05, 4.69) is 120 Å². The number of furan rings is 1. The first-order valence-corrected chi connectivity index (χ1v) is 16.8. The van der Waals surface area contributed by atoms with Crippen molar-refractivity contribution < 1.29 is 8.83 Å². The zero-order valence-corrected chi connectivity index (χ0v) is 26.4. The number of para-hydroxylation sites is 1. The summed E-state index contributed by atoms with van der Waals surface area (Å²) in [5.41, 5.74) is 9.48. The van der Waals surface area contributed by atoms with Gasteiger partial charge in [0, 0.05) is 36.8 Å². The van der Waals surface area contributed by atoms with Crippen LogP contribution in [0.4, 0.5) is 17.1 Å². The molecule has 3 aromatic heterocycles. The molecule has 10 rings (SSSR count). The van der Waals surface area contributed by atoms with Crippen LogP contribution < -0.4 is 4.90 Å². The van der Waals surface area contributed by atoms with Gasteiger partial charge in [0.15, 0.2) is 11.2 Å². The predicted octanol–water partition coefficient (Wildman–Crippen LogP) is 12.9. The predicted molar refractivity (Wildman–Crippen MR) is 200 cm³/mol. The van der Waals surface area contributed by atoms with Gasteiger partial charge in [-0.25, -0.2) is 4.98 Å². The summed E-state index contributed by atoms with van der Waals surface area (Å²) >= 11 is 1.82. The lowest BCUT2D eigenvalue weighted by atomic mass is 10.0. The third-order valence-electron chi connectivity index (χ3n) is 9.11. The molecule has 48 heavy (non-hydrogen) atoms. The maximum Gasteiger partial charge on any atom is 0.227 e. The first kappa shape index (κ1) is 27.0. The molecule has 0 radical (unpaired) electrons. The minimum atomic E-state index is 0.597. The second kappa shape index (κ2) is 10.7. The van der Waals surface area contributed by atoms with Crippen LogP contribution in [0.2, 0.25) is 0 Å². The lowest BCUT2D eigenvalue weighted by Crippen LogP contribution is -2.10. The van der Waals surface area contributed by atoms with Gasteiger partial charge in [-0.15, -0.1) is 11.3 Å². The number of aromatic nitrogens is 1. The van der Waals surface area contributed by atoms with Crippen LogP contribution in [-0.2, 0) is 0 Å². The number of anilines is 3. The standard InChI is InChI=1S/C43H26N2O2S/c1-3-11-27(12-4-1)28-21-23-30(24-22-28)45(34-17-10-20-38-39(34)31-15-7-8-19-37(31)48-38)35-18-9-16-32-40-36(46-41(32)35)26-25-33-42(40)47-43(44-33)29-13-5-2-6-14-29/h1-26H. The third kappa shape index (κ3) is 4.18. The molecule has 0 spiro atoms. The Labute approximate surface area is 279 Å². The molecule has 226 valence electrons. The van der Waals surface area contributed by atoms with Gasteiger partial charge in [-0.05, 0) is 71.8 Å². The van der Waals surface area contributed by atoms with Crippen molar-refractivity contribution in [3.63, 3.8) is 0 Å². The Morgan fingerprint density at radius 3 is 1.96 bits per heavy atom. The third-order valence-corrected chi connectivity index (χ3v) is 10.2. The quantitative estimate of drug-likeness (QED) is 0.189. The molecule has 0 amide bonds. The first-order chi connectivity index (χ1) is 23.8. The van der Waals surface area contributed by atoms with Gasteiger partial charge < -0.3 is 13.7 Å². The number of benzene rings is 7. The van der Waals surface area contributed by atoms with E-state index < -0.39 is 0 Å². The molecule has 0 atom stereocenters. The Bertz CT molecular complexity index is 2780. The van der Waals surface area contributed by atoms with Crippen LogP contribution >= 0.6 is 11.3 Å². The molecule has 0 aliphatic heterocycles. The maximum atomic E-state index is 6.78. The number of hydrogen-bond donors (Lipinski definition) is 0. The molecule has 0 aliphatic carbocycles. The van der Waals surface area contributed by atoms with Gasteiger partial charge in [-0.1, -0.05) is 97.1 Å². The van der Waals surface area contributed by atoms with Crippen molar-refractivity contribution in [1.82, 2.24) is 4.98 Å². The lowest BCUT2D eigenvalue weighted by molar-refractivity contribution is 0.622. The Kier molecular flexibility index (Phi) is 6.01. The fraction of sp³-hybridized carbons (Fsp3) is 0. The number of fused-ring (bicyclic) bond motifs is 8. The van der Waals surface area contributed by atoms with Crippen LogP contribution in [0.1, 0.15) is 0 Å². The Hall–Kier alpha value is -6.17. The maximum absolute atomic E-state index is 6.78. The Morgan fingerprint density at radius 1 is 0.458 bits per heavy atom. The van der Waals surface area contributed by atoms with E-state index in [4.69, 9.17) is 13.8 Å². The minimum absolute atomic E-state index is 0.597. The summed E-state index contributed by atoms with van der Waals surface area (Å²) in [6.07, 6.45) is 0. The highest BCUT2D eigenvalue weighted by atomic mass is 32.1. The van der Waals surface area contributed by atoms with E-state index in [1.54, 1.807) is 0 Å². The van der Waals surface area contributed by atoms with Gasteiger partial charge >= 0.3 is 0 Å². The zero-order chi connectivity index (χ0) is 31.6. The summed E-state index contributed by atoms with van der Waals surface area (Å²) in [4.78, 5) is 7.19. The van der Waals surface area contributed by atoms with Crippen LogP contribution in [0.3, 0.4) is 0 Å². The largest absolute Gasteiger partial charge is 0.454 e. The molecule has 0 saturated carbocycles. The molecule has 0 aliphatic rings. The normalized spacial score (nSPS) is 11.8. The van der Waals surface area contributed by atoms with Gasteiger partial charge in [-0.3, -0.25) is 0 Å². The summed E-state index contributed by atoms with van der Waals surface area (Å²) in [5.74, 6) is 0.597. The number of oxazole rings is 1. The van der Waals surface area contributed by atoms with E-state index >= 15 is 0 Å². The lowest BCUT2D eigenvalue weighted by Gasteiger charge is -2.26. The molecular formula is C43H26N2O2S. The number of nitrogens with zero attached hydrogens (tertiary/aromatic N) is 2. The highest BCUT2D eigenvalue weighted by molar-refractivity contribution is 7.26.